The summed E-state index contributed by atoms with van der Waals surface area (Å²) in [5.74, 6) is 0. The lowest BCUT2D eigenvalue weighted by Gasteiger charge is -2.25. The molecule has 3 nitrogen and oxygen atoms in total. The van der Waals surface area contributed by atoms with Gasteiger partial charge >= 0.3 is 0 Å². The van der Waals surface area contributed by atoms with Crippen LogP contribution in [0.4, 0.5) is 11.4 Å². The third kappa shape index (κ3) is 2.14. The molecule has 1 aliphatic heterocycles. The molecule has 0 atom stereocenters. The van der Waals surface area contributed by atoms with E-state index < -0.39 is 0 Å². The lowest BCUT2D eigenvalue weighted by molar-refractivity contribution is 0.741. The van der Waals surface area contributed by atoms with Crippen molar-refractivity contribution in [1.29, 1.82) is 0 Å². The number of hydrogen-bond acceptors (Lipinski definition) is 3. The molecule has 0 fully saturated rings. The molecule has 0 unspecified atom stereocenters. The minimum absolute atomic E-state index is 0.719. The van der Waals surface area contributed by atoms with E-state index in [0.29, 0.717) is 0 Å². The highest BCUT2D eigenvalue weighted by Gasteiger charge is 2.17. The Kier molecular flexibility index (Phi) is 3.34. The molecule has 0 saturated heterocycles. The molecule has 0 amide bonds. The molecule has 2 N–H and O–H groups in total. The first-order valence-corrected chi connectivity index (χ1v) is 5.99. The van der Waals surface area contributed by atoms with E-state index in [2.05, 4.69) is 42.0 Å². The molecule has 1 aromatic carbocycles. The van der Waals surface area contributed by atoms with Crippen molar-refractivity contribution in [3.63, 3.8) is 0 Å². The summed E-state index contributed by atoms with van der Waals surface area (Å²) in [6.45, 7) is 6.04. The maximum Gasteiger partial charge on any atom is 0.0604 e. The average molecular weight is 219 g/mol. The molecular weight excluding hydrogens is 198 g/mol. The average Bonchev–Trinajstić information content (AvgIpc) is 2.41. The standard InChI is InChI=1S/C13H21N3/c1-11-4-5-12-13(10-11)15(2)7-3-8-16(12)9-6-14/h4-5,10H,3,6-9,14H2,1-2H3. The number of nitrogens with two attached hydrogens (primary N) is 1. The number of anilines is 2. The van der Waals surface area contributed by atoms with Crippen LogP contribution >= 0.6 is 0 Å². The van der Waals surface area contributed by atoms with Gasteiger partial charge in [0.15, 0.2) is 0 Å². The molecule has 0 saturated carbocycles. The maximum absolute atomic E-state index is 5.68. The normalized spacial score (nSPS) is 15.9. The molecule has 2 rings (SSSR count). The molecule has 3 heteroatoms. The molecule has 16 heavy (non-hydrogen) atoms. The summed E-state index contributed by atoms with van der Waals surface area (Å²) in [5.41, 5.74) is 9.66. The first kappa shape index (κ1) is 11.3. The minimum Gasteiger partial charge on any atom is -0.373 e. The van der Waals surface area contributed by atoms with Gasteiger partial charge in [0.2, 0.25) is 0 Å². The number of hydrogen-bond donors (Lipinski definition) is 1. The van der Waals surface area contributed by atoms with Crippen molar-refractivity contribution in [2.75, 3.05) is 43.0 Å². The minimum atomic E-state index is 0.719. The monoisotopic (exact) mass is 219 g/mol. The summed E-state index contributed by atoms with van der Waals surface area (Å²) in [4.78, 5) is 4.75. The second kappa shape index (κ2) is 4.74. The van der Waals surface area contributed by atoms with Gasteiger partial charge in [-0.2, -0.15) is 0 Å². The second-order valence-electron chi connectivity index (χ2n) is 4.54. The van der Waals surface area contributed by atoms with E-state index in [1.54, 1.807) is 0 Å². The van der Waals surface area contributed by atoms with Crippen molar-refractivity contribution < 1.29 is 0 Å². The van der Waals surface area contributed by atoms with Gasteiger partial charge in [-0.15, -0.1) is 0 Å². The third-order valence-electron chi connectivity index (χ3n) is 3.20. The van der Waals surface area contributed by atoms with Crippen molar-refractivity contribution in [2.24, 2.45) is 5.73 Å². The van der Waals surface area contributed by atoms with Gasteiger partial charge in [-0.3, -0.25) is 0 Å². The fourth-order valence-electron chi connectivity index (χ4n) is 2.33. The van der Waals surface area contributed by atoms with Gasteiger partial charge < -0.3 is 15.5 Å². The number of rotatable bonds is 2. The molecule has 88 valence electrons. The summed E-state index contributed by atoms with van der Waals surface area (Å²) >= 11 is 0. The van der Waals surface area contributed by atoms with Crippen LogP contribution in [0.3, 0.4) is 0 Å². The van der Waals surface area contributed by atoms with Crippen LogP contribution in [0.25, 0.3) is 0 Å². The van der Waals surface area contributed by atoms with Crippen molar-refractivity contribution in [3.05, 3.63) is 23.8 Å². The molecule has 0 aromatic heterocycles. The predicted octanol–water partition coefficient (Wildman–Crippen LogP) is 1.60. The lowest BCUT2D eigenvalue weighted by Crippen LogP contribution is -2.29. The maximum atomic E-state index is 5.68. The Morgan fingerprint density at radius 3 is 2.81 bits per heavy atom. The summed E-state index contributed by atoms with van der Waals surface area (Å²) < 4.78 is 0. The zero-order chi connectivity index (χ0) is 11.5. The molecule has 0 radical (unpaired) electrons. The molecule has 0 spiro atoms. The van der Waals surface area contributed by atoms with E-state index in [9.17, 15) is 0 Å². The SMILES string of the molecule is Cc1ccc2c(c1)N(C)CCCN2CCN. The van der Waals surface area contributed by atoms with Crippen molar-refractivity contribution in [3.8, 4) is 0 Å². The third-order valence-corrected chi connectivity index (χ3v) is 3.20. The Labute approximate surface area is 97.8 Å². The zero-order valence-electron chi connectivity index (χ0n) is 10.2. The van der Waals surface area contributed by atoms with Gasteiger partial charge in [0, 0.05) is 33.2 Å². The topological polar surface area (TPSA) is 32.5 Å². The fourth-order valence-corrected chi connectivity index (χ4v) is 2.33. The fraction of sp³-hybridized carbons (Fsp3) is 0.538. The van der Waals surface area contributed by atoms with Crippen molar-refractivity contribution in [1.82, 2.24) is 0 Å². The van der Waals surface area contributed by atoms with Crippen LogP contribution < -0.4 is 15.5 Å². The highest BCUT2D eigenvalue weighted by Crippen LogP contribution is 2.32. The van der Waals surface area contributed by atoms with Crippen LogP contribution in [0.15, 0.2) is 18.2 Å². The zero-order valence-corrected chi connectivity index (χ0v) is 10.2. The van der Waals surface area contributed by atoms with Gasteiger partial charge in [-0.05, 0) is 31.0 Å². The largest absolute Gasteiger partial charge is 0.373 e. The van der Waals surface area contributed by atoms with Crippen LogP contribution in [0.5, 0.6) is 0 Å². The quantitative estimate of drug-likeness (QED) is 0.820. The highest BCUT2D eigenvalue weighted by atomic mass is 15.2. The number of fused-ring (bicyclic) bond motifs is 1. The highest BCUT2D eigenvalue weighted by molar-refractivity contribution is 5.72. The molecule has 1 aliphatic rings. The Bertz CT molecular complexity index is 362. The van der Waals surface area contributed by atoms with Crippen LogP contribution in [0.1, 0.15) is 12.0 Å². The van der Waals surface area contributed by atoms with Crippen LogP contribution in [-0.4, -0.2) is 33.2 Å². The van der Waals surface area contributed by atoms with E-state index in [0.717, 1.165) is 26.2 Å². The van der Waals surface area contributed by atoms with E-state index in [1.807, 2.05) is 0 Å². The van der Waals surface area contributed by atoms with E-state index in [1.165, 1.54) is 23.4 Å². The Balaban J connectivity index is 2.39. The predicted molar refractivity (Wildman–Crippen MR) is 70.3 cm³/mol. The number of aryl methyl sites for hydroxylation is 1. The van der Waals surface area contributed by atoms with E-state index in [4.69, 9.17) is 5.73 Å². The Morgan fingerprint density at radius 2 is 2.06 bits per heavy atom. The molecule has 1 heterocycles. The van der Waals surface area contributed by atoms with E-state index in [-0.39, 0.29) is 0 Å². The molecule has 0 aliphatic carbocycles. The summed E-state index contributed by atoms with van der Waals surface area (Å²) in [7, 11) is 2.17. The number of benzene rings is 1. The Hall–Kier alpha value is -1.22. The summed E-state index contributed by atoms with van der Waals surface area (Å²) in [5, 5.41) is 0. The van der Waals surface area contributed by atoms with Crippen molar-refractivity contribution in [2.45, 2.75) is 13.3 Å². The van der Waals surface area contributed by atoms with Gasteiger partial charge in [-0.25, -0.2) is 0 Å². The van der Waals surface area contributed by atoms with Gasteiger partial charge in [-0.1, -0.05) is 6.07 Å². The second-order valence-corrected chi connectivity index (χ2v) is 4.54. The van der Waals surface area contributed by atoms with Crippen LogP contribution in [-0.2, 0) is 0 Å². The Morgan fingerprint density at radius 1 is 1.25 bits per heavy atom. The molecule has 0 bridgehead atoms. The van der Waals surface area contributed by atoms with E-state index >= 15 is 0 Å². The molecule has 1 aromatic rings. The van der Waals surface area contributed by atoms with Gasteiger partial charge in [0.1, 0.15) is 0 Å². The molecular formula is C13H21N3. The number of nitrogens with zero attached hydrogens (tertiary/aromatic N) is 2. The first-order chi connectivity index (χ1) is 7.72. The van der Waals surface area contributed by atoms with Crippen LogP contribution in [0, 0.1) is 6.92 Å². The van der Waals surface area contributed by atoms with Gasteiger partial charge in [0.25, 0.3) is 0 Å². The lowest BCUT2D eigenvalue weighted by atomic mass is 10.1. The van der Waals surface area contributed by atoms with Crippen LogP contribution in [0.2, 0.25) is 0 Å². The van der Waals surface area contributed by atoms with Gasteiger partial charge in [0.05, 0.1) is 11.4 Å². The summed E-state index contributed by atoms with van der Waals surface area (Å²) in [6, 6.07) is 6.67. The smallest absolute Gasteiger partial charge is 0.0604 e. The first-order valence-electron chi connectivity index (χ1n) is 5.99. The summed E-state index contributed by atoms with van der Waals surface area (Å²) in [6.07, 6.45) is 1.20. The van der Waals surface area contributed by atoms with Crippen molar-refractivity contribution >= 4 is 11.4 Å².